The van der Waals surface area contributed by atoms with E-state index >= 15 is 0 Å². The molecule has 0 aromatic rings. The summed E-state index contributed by atoms with van der Waals surface area (Å²) in [6.07, 6.45) is 4.68. The van der Waals surface area contributed by atoms with Gasteiger partial charge in [-0.25, -0.2) is 0 Å². The Balaban J connectivity index is 3.84. The lowest BCUT2D eigenvalue weighted by Crippen LogP contribution is -2.10. The number of rotatable bonds is 5. The van der Waals surface area contributed by atoms with Crippen LogP contribution in [0.2, 0.25) is 0 Å². The van der Waals surface area contributed by atoms with Gasteiger partial charge in [-0.1, -0.05) is 40.2 Å². The van der Waals surface area contributed by atoms with E-state index < -0.39 is 0 Å². The first kappa shape index (κ1) is 10.7. The summed E-state index contributed by atoms with van der Waals surface area (Å²) in [4.78, 5) is 0. The van der Waals surface area contributed by atoms with Crippen molar-refractivity contribution in [3.8, 4) is 0 Å². The van der Waals surface area contributed by atoms with Gasteiger partial charge in [-0.2, -0.15) is 0 Å². The van der Waals surface area contributed by atoms with Crippen LogP contribution in [0.25, 0.3) is 0 Å². The average Bonchev–Trinajstić information content (AvgIpc) is 1.98. The minimum absolute atomic E-state index is 0.722. The topological polar surface area (TPSA) is 0 Å². The minimum atomic E-state index is 0.722. The highest BCUT2D eigenvalue weighted by Crippen LogP contribution is 2.23. The highest BCUT2D eigenvalue weighted by molar-refractivity contribution is 4.82. The van der Waals surface area contributed by atoms with Gasteiger partial charge in [-0.3, -0.25) is 0 Å². The molecule has 0 bridgehead atoms. The molecule has 0 N–H and O–H groups in total. The molecule has 0 heterocycles. The second-order valence-electron chi connectivity index (χ2n) is 3.91. The van der Waals surface area contributed by atoms with Crippen LogP contribution < -0.4 is 0 Å². The zero-order chi connectivity index (χ0) is 8.85. The molecule has 0 aromatic carbocycles. The Hall–Kier alpha value is -0.260. The zero-order valence-corrected chi connectivity index (χ0v) is 8.43. The van der Waals surface area contributed by atoms with Crippen LogP contribution >= 0.6 is 0 Å². The van der Waals surface area contributed by atoms with Crippen LogP contribution in [-0.2, 0) is 0 Å². The summed E-state index contributed by atoms with van der Waals surface area (Å²) in [5, 5.41) is 0. The first-order valence-electron chi connectivity index (χ1n) is 4.74. The van der Waals surface area contributed by atoms with E-state index in [9.17, 15) is 0 Å². The van der Waals surface area contributed by atoms with E-state index in [-0.39, 0.29) is 0 Å². The lowest BCUT2D eigenvalue weighted by Gasteiger charge is -2.20. The second-order valence-corrected chi connectivity index (χ2v) is 3.91. The van der Waals surface area contributed by atoms with Gasteiger partial charge in [0.05, 0.1) is 0 Å². The van der Waals surface area contributed by atoms with Crippen LogP contribution in [0, 0.1) is 17.8 Å². The third-order valence-electron chi connectivity index (χ3n) is 2.42. The van der Waals surface area contributed by atoms with Gasteiger partial charge < -0.3 is 0 Å². The highest BCUT2D eigenvalue weighted by Gasteiger charge is 2.12. The van der Waals surface area contributed by atoms with Gasteiger partial charge in [-0.05, 0) is 24.2 Å². The molecular weight excluding hydrogens is 132 g/mol. The zero-order valence-electron chi connectivity index (χ0n) is 8.43. The molecule has 66 valence electrons. The van der Waals surface area contributed by atoms with E-state index in [0.29, 0.717) is 0 Å². The van der Waals surface area contributed by atoms with E-state index in [1.807, 2.05) is 0 Å². The Labute approximate surface area is 71.7 Å². The van der Waals surface area contributed by atoms with E-state index in [1.54, 1.807) is 0 Å². The summed E-state index contributed by atoms with van der Waals surface area (Å²) in [5.74, 6) is 2.32. The summed E-state index contributed by atoms with van der Waals surface area (Å²) in [5.41, 5.74) is 0. The Morgan fingerprint density at radius 3 is 2.09 bits per heavy atom. The molecule has 11 heavy (non-hydrogen) atoms. The lowest BCUT2D eigenvalue weighted by molar-refractivity contribution is 0.351. The number of hydrogen-bond acceptors (Lipinski definition) is 0. The molecule has 0 saturated heterocycles. The van der Waals surface area contributed by atoms with Crippen LogP contribution in [0.1, 0.15) is 40.5 Å². The molecule has 0 aliphatic carbocycles. The van der Waals surface area contributed by atoms with E-state index in [2.05, 4.69) is 40.3 Å². The van der Waals surface area contributed by atoms with E-state index in [4.69, 9.17) is 0 Å². The number of hydrogen-bond donors (Lipinski definition) is 0. The van der Waals surface area contributed by atoms with Crippen LogP contribution in [-0.4, -0.2) is 0 Å². The molecule has 0 nitrogen and oxygen atoms in total. The quantitative estimate of drug-likeness (QED) is 0.527. The average molecular weight is 154 g/mol. The fraction of sp³-hybridized carbons (Fsp3) is 0.818. The Morgan fingerprint density at radius 2 is 1.82 bits per heavy atom. The monoisotopic (exact) mass is 154 g/mol. The lowest BCUT2D eigenvalue weighted by atomic mass is 9.85. The number of allylic oxidation sites excluding steroid dienone is 1. The molecule has 0 radical (unpaired) electrons. The van der Waals surface area contributed by atoms with Crippen molar-refractivity contribution in [3.05, 3.63) is 12.7 Å². The standard InChI is InChI=1S/C11H22/c1-6-10(5)11(7-2)8-9(3)4/h7,9-11H,2,6,8H2,1,3-5H3. The van der Waals surface area contributed by atoms with Crippen molar-refractivity contribution in [2.45, 2.75) is 40.5 Å². The molecule has 0 amide bonds. The van der Waals surface area contributed by atoms with Crippen molar-refractivity contribution in [3.63, 3.8) is 0 Å². The fourth-order valence-electron chi connectivity index (χ4n) is 1.41. The molecule has 0 aliphatic rings. The molecule has 2 unspecified atom stereocenters. The first-order chi connectivity index (χ1) is 5.11. The van der Waals surface area contributed by atoms with Gasteiger partial charge in [0.1, 0.15) is 0 Å². The van der Waals surface area contributed by atoms with Crippen LogP contribution in [0.5, 0.6) is 0 Å². The summed E-state index contributed by atoms with van der Waals surface area (Å²) in [7, 11) is 0. The highest BCUT2D eigenvalue weighted by atomic mass is 14.2. The van der Waals surface area contributed by atoms with Gasteiger partial charge in [0.15, 0.2) is 0 Å². The first-order valence-corrected chi connectivity index (χ1v) is 4.74. The molecule has 0 spiro atoms. The van der Waals surface area contributed by atoms with Gasteiger partial charge >= 0.3 is 0 Å². The molecule has 0 heteroatoms. The predicted octanol–water partition coefficient (Wildman–Crippen LogP) is 3.88. The predicted molar refractivity (Wildman–Crippen MR) is 52.6 cm³/mol. The van der Waals surface area contributed by atoms with E-state index in [1.165, 1.54) is 12.8 Å². The maximum absolute atomic E-state index is 3.88. The summed E-state index contributed by atoms with van der Waals surface area (Å²) >= 11 is 0. The van der Waals surface area contributed by atoms with Crippen molar-refractivity contribution >= 4 is 0 Å². The molecule has 0 aliphatic heterocycles. The Morgan fingerprint density at radius 1 is 1.27 bits per heavy atom. The summed E-state index contributed by atoms with van der Waals surface area (Å²) in [6, 6.07) is 0. The normalized spacial score (nSPS) is 16.5. The van der Waals surface area contributed by atoms with Crippen molar-refractivity contribution in [1.82, 2.24) is 0 Å². The van der Waals surface area contributed by atoms with Crippen LogP contribution in [0.4, 0.5) is 0 Å². The second kappa shape index (κ2) is 5.40. The van der Waals surface area contributed by atoms with Crippen molar-refractivity contribution < 1.29 is 0 Å². The fourth-order valence-corrected chi connectivity index (χ4v) is 1.41. The van der Waals surface area contributed by atoms with Crippen molar-refractivity contribution in [2.75, 3.05) is 0 Å². The molecule has 0 rings (SSSR count). The van der Waals surface area contributed by atoms with E-state index in [0.717, 1.165) is 17.8 Å². The van der Waals surface area contributed by atoms with Gasteiger partial charge in [0, 0.05) is 0 Å². The minimum Gasteiger partial charge on any atom is -0.103 e. The Bertz CT molecular complexity index is 103. The smallest absolute Gasteiger partial charge is 0.0208 e. The molecule has 2 atom stereocenters. The molecule has 0 fully saturated rings. The van der Waals surface area contributed by atoms with Crippen LogP contribution in [0.15, 0.2) is 12.7 Å². The maximum Gasteiger partial charge on any atom is -0.0208 e. The molecule has 0 saturated carbocycles. The van der Waals surface area contributed by atoms with Crippen LogP contribution in [0.3, 0.4) is 0 Å². The SMILES string of the molecule is C=CC(CC(C)C)C(C)CC. The van der Waals surface area contributed by atoms with Crippen molar-refractivity contribution in [1.29, 1.82) is 0 Å². The molecule has 0 aromatic heterocycles. The van der Waals surface area contributed by atoms with Crippen molar-refractivity contribution in [2.24, 2.45) is 17.8 Å². The largest absolute Gasteiger partial charge is 0.103 e. The van der Waals surface area contributed by atoms with Gasteiger partial charge in [0.25, 0.3) is 0 Å². The third-order valence-corrected chi connectivity index (χ3v) is 2.42. The Kier molecular flexibility index (Phi) is 5.27. The van der Waals surface area contributed by atoms with Gasteiger partial charge in [0.2, 0.25) is 0 Å². The maximum atomic E-state index is 3.88. The van der Waals surface area contributed by atoms with Gasteiger partial charge in [-0.15, -0.1) is 6.58 Å². The third kappa shape index (κ3) is 4.23. The summed E-state index contributed by atoms with van der Waals surface area (Å²) in [6.45, 7) is 13.0. The molecular formula is C11H22. The summed E-state index contributed by atoms with van der Waals surface area (Å²) < 4.78 is 0.